The smallest absolute Gasteiger partial charge is 0.271 e. The maximum absolute atomic E-state index is 12.8. The molecule has 8 nitrogen and oxygen atoms in total. The van der Waals surface area contributed by atoms with Gasteiger partial charge in [0, 0.05) is 31.0 Å². The van der Waals surface area contributed by atoms with Crippen LogP contribution in [-0.2, 0) is 19.5 Å². The summed E-state index contributed by atoms with van der Waals surface area (Å²) in [5.41, 5.74) is 0.872. The van der Waals surface area contributed by atoms with Crippen LogP contribution in [-0.4, -0.2) is 38.4 Å². The third-order valence-corrected chi connectivity index (χ3v) is 6.63. The highest BCUT2D eigenvalue weighted by atomic mass is 32.2. The number of hydrogen-bond acceptors (Lipinski definition) is 6. The van der Waals surface area contributed by atoms with E-state index >= 15 is 0 Å². The number of benzene rings is 1. The molecule has 0 unspecified atom stereocenters. The van der Waals surface area contributed by atoms with Gasteiger partial charge in [0.05, 0.1) is 23.0 Å². The fourth-order valence-electron chi connectivity index (χ4n) is 3.44. The molecular formula is C16H22N2O6S. The Bertz CT molecular complexity index is 776. The van der Waals surface area contributed by atoms with E-state index in [0.717, 1.165) is 6.07 Å². The van der Waals surface area contributed by atoms with Gasteiger partial charge in [0.25, 0.3) is 5.69 Å². The minimum Gasteiger partial charge on any atom is -0.348 e. The lowest BCUT2D eigenvalue weighted by Gasteiger charge is -2.35. The highest BCUT2D eigenvalue weighted by Gasteiger charge is 2.41. The van der Waals surface area contributed by atoms with E-state index < -0.39 is 20.7 Å². The molecule has 9 heteroatoms. The van der Waals surface area contributed by atoms with Crippen molar-refractivity contribution in [3.63, 3.8) is 0 Å². The van der Waals surface area contributed by atoms with Crippen LogP contribution in [0.4, 0.5) is 5.69 Å². The highest BCUT2D eigenvalue weighted by molar-refractivity contribution is 7.89. The molecule has 3 rings (SSSR count). The number of nitro groups is 1. The van der Waals surface area contributed by atoms with Gasteiger partial charge in [-0.05, 0) is 37.8 Å². The van der Waals surface area contributed by atoms with Crippen molar-refractivity contribution in [1.29, 1.82) is 0 Å². The SMILES string of the molecule is Cc1cc([N+](=O)[O-])cc(S(=O)(=O)NC2CCC3(CC2)OCCO3)c1C. The van der Waals surface area contributed by atoms with Gasteiger partial charge in [0.15, 0.2) is 5.79 Å². The molecule has 1 heterocycles. The number of non-ortho nitro benzene ring substituents is 1. The maximum Gasteiger partial charge on any atom is 0.271 e. The molecule has 1 aromatic carbocycles. The predicted molar refractivity (Wildman–Crippen MR) is 89.8 cm³/mol. The zero-order valence-electron chi connectivity index (χ0n) is 14.3. The molecule has 0 aromatic heterocycles. The number of sulfonamides is 1. The molecule has 1 saturated carbocycles. The van der Waals surface area contributed by atoms with E-state index in [2.05, 4.69) is 4.72 Å². The molecule has 1 spiro atoms. The second kappa shape index (κ2) is 6.64. The molecule has 2 fully saturated rings. The van der Waals surface area contributed by atoms with Crippen LogP contribution in [0, 0.1) is 24.0 Å². The van der Waals surface area contributed by atoms with E-state index in [-0.39, 0.29) is 16.6 Å². The minimum atomic E-state index is -3.84. The van der Waals surface area contributed by atoms with Crippen molar-refractivity contribution >= 4 is 15.7 Å². The van der Waals surface area contributed by atoms with Crippen molar-refractivity contribution in [2.75, 3.05) is 13.2 Å². The van der Waals surface area contributed by atoms with Crippen molar-refractivity contribution in [3.05, 3.63) is 33.4 Å². The molecule has 1 aliphatic carbocycles. The first-order valence-electron chi connectivity index (χ1n) is 8.28. The summed E-state index contributed by atoms with van der Waals surface area (Å²) in [5, 5.41) is 11.0. The normalized spacial score (nSPS) is 20.9. The molecule has 0 amide bonds. The largest absolute Gasteiger partial charge is 0.348 e. The molecule has 0 atom stereocenters. The number of nitrogens with zero attached hydrogens (tertiary/aromatic N) is 1. The van der Waals surface area contributed by atoms with E-state index in [9.17, 15) is 18.5 Å². The number of ether oxygens (including phenoxy) is 2. The number of rotatable bonds is 4. The van der Waals surface area contributed by atoms with Gasteiger partial charge in [-0.2, -0.15) is 0 Å². The van der Waals surface area contributed by atoms with Gasteiger partial charge in [-0.1, -0.05) is 0 Å². The summed E-state index contributed by atoms with van der Waals surface area (Å²) in [4.78, 5) is 10.4. The lowest BCUT2D eigenvalue weighted by molar-refractivity contribution is -0.385. The Labute approximate surface area is 146 Å². The highest BCUT2D eigenvalue weighted by Crippen LogP contribution is 2.36. The molecule has 25 heavy (non-hydrogen) atoms. The van der Waals surface area contributed by atoms with E-state index in [0.29, 0.717) is 50.0 Å². The monoisotopic (exact) mass is 370 g/mol. The van der Waals surface area contributed by atoms with Crippen molar-refractivity contribution in [3.8, 4) is 0 Å². The predicted octanol–water partition coefficient (Wildman–Crippen LogP) is 2.18. The van der Waals surface area contributed by atoms with Crippen LogP contribution in [0.15, 0.2) is 17.0 Å². The lowest BCUT2D eigenvalue weighted by Crippen LogP contribution is -2.44. The first kappa shape index (κ1) is 18.2. The number of aryl methyl sites for hydroxylation is 1. The Morgan fingerprint density at radius 3 is 2.36 bits per heavy atom. The number of nitrogens with one attached hydrogen (secondary N) is 1. The quantitative estimate of drug-likeness (QED) is 0.643. The van der Waals surface area contributed by atoms with Crippen LogP contribution in [0.5, 0.6) is 0 Å². The van der Waals surface area contributed by atoms with Gasteiger partial charge in [-0.25, -0.2) is 13.1 Å². The average molecular weight is 370 g/mol. The fourth-order valence-corrected chi connectivity index (χ4v) is 5.08. The molecule has 2 aliphatic rings. The van der Waals surface area contributed by atoms with Crippen LogP contribution in [0.3, 0.4) is 0 Å². The average Bonchev–Trinajstić information content (AvgIpc) is 3.00. The fraction of sp³-hybridized carbons (Fsp3) is 0.625. The van der Waals surface area contributed by atoms with Gasteiger partial charge in [-0.3, -0.25) is 10.1 Å². The summed E-state index contributed by atoms with van der Waals surface area (Å²) >= 11 is 0. The number of hydrogen-bond donors (Lipinski definition) is 1. The number of nitro benzene ring substituents is 1. The first-order chi connectivity index (χ1) is 11.7. The molecular weight excluding hydrogens is 348 g/mol. The van der Waals surface area contributed by atoms with E-state index in [1.807, 2.05) is 0 Å². The molecule has 0 bridgehead atoms. The summed E-state index contributed by atoms with van der Waals surface area (Å²) in [5.74, 6) is -0.556. The van der Waals surface area contributed by atoms with Gasteiger partial charge < -0.3 is 9.47 Å². The second-order valence-corrected chi connectivity index (χ2v) is 8.33. The van der Waals surface area contributed by atoms with Crippen LogP contribution < -0.4 is 4.72 Å². The van der Waals surface area contributed by atoms with Gasteiger partial charge >= 0.3 is 0 Å². The van der Waals surface area contributed by atoms with E-state index in [1.165, 1.54) is 6.07 Å². The van der Waals surface area contributed by atoms with Crippen LogP contribution in [0.1, 0.15) is 36.8 Å². The Kier molecular flexibility index (Phi) is 4.84. The van der Waals surface area contributed by atoms with Crippen LogP contribution >= 0.6 is 0 Å². The van der Waals surface area contributed by atoms with Crippen molar-refractivity contribution in [2.45, 2.75) is 56.3 Å². The summed E-state index contributed by atoms with van der Waals surface area (Å²) in [6, 6.07) is 2.27. The molecule has 0 radical (unpaired) electrons. The minimum absolute atomic E-state index is 0.0344. The Hall–Kier alpha value is -1.55. The third kappa shape index (κ3) is 3.69. The lowest BCUT2D eigenvalue weighted by atomic mass is 9.91. The Balaban J connectivity index is 1.77. The Morgan fingerprint density at radius 1 is 1.20 bits per heavy atom. The molecule has 1 aliphatic heterocycles. The van der Waals surface area contributed by atoms with Gasteiger partial charge in [0.2, 0.25) is 10.0 Å². The summed E-state index contributed by atoms with van der Waals surface area (Å²) < 4.78 is 39.5. The van der Waals surface area contributed by atoms with Crippen LogP contribution in [0.25, 0.3) is 0 Å². The first-order valence-corrected chi connectivity index (χ1v) is 9.77. The molecule has 1 N–H and O–H groups in total. The van der Waals surface area contributed by atoms with E-state index in [1.54, 1.807) is 13.8 Å². The van der Waals surface area contributed by atoms with Crippen molar-refractivity contribution < 1.29 is 22.8 Å². The molecule has 138 valence electrons. The van der Waals surface area contributed by atoms with Crippen molar-refractivity contribution in [2.24, 2.45) is 0 Å². The van der Waals surface area contributed by atoms with Gasteiger partial charge in [0.1, 0.15) is 0 Å². The van der Waals surface area contributed by atoms with Crippen LogP contribution in [0.2, 0.25) is 0 Å². The summed E-state index contributed by atoms with van der Waals surface area (Å²) in [6.07, 6.45) is 2.47. The summed E-state index contributed by atoms with van der Waals surface area (Å²) in [7, 11) is -3.84. The molecule has 1 aromatic rings. The zero-order valence-corrected chi connectivity index (χ0v) is 15.1. The second-order valence-electron chi connectivity index (χ2n) is 6.65. The third-order valence-electron chi connectivity index (χ3n) is 4.99. The zero-order chi connectivity index (χ0) is 18.2. The van der Waals surface area contributed by atoms with Crippen molar-refractivity contribution in [1.82, 2.24) is 4.72 Å². The summed E-state index contributed by atoms with van der Waals surface area (Å²) in [6.45, 7) is 4.47. The Morgan fingerprint density at radius 2 is 1.80 bits per heavy atom. The van der Waals surface area contributed by atoms with E-state index in [4.69, 9.17) is 9.47 Å². The standard InChI is InChI=1S/C16H22N2O6S/c1-11-9-14(18(19)20)10-15(12(11)2)25(21,22)17-13-3-5-16(6-4-13)23-7-8-24-16/h9-10,13,17H,3-8H2,1-2H3. The maximum atomic E-state index is 12.8. The molecule has 1 saturated heterocycles. The van der Waals surface area contributed by atoms with Gasteiger partial charge in [-0.15, -0.1) is 0 Å². The topological polar surface area (TPSA) is 108 Å².